The number of H-pyrrole nitrogens is 1. The zero-order chi connectivity index (χ0) is 13.2. The van der Waals surface area contributed by atoms with Crippen molar-refractivity contribution in [1.82, 2.24) is 14.9 Å². The molecular formula is C13H10BrN3O2. The highest BCUT2D eigenvalue weighted by atomic mass is 79.9. The van der Waals surface area contributed by atoms with Gasteiger partial charge in [0.2, 0.25) is 0 Å². The minimum Gasteiger partial charge on any atom is -0.392 e. The van der Waals surface area contributed by atoms with Gasteiger partial charge in [0.1, 0.15) is 12.1 Å². The van der Waals surface area contributed by atoms with Gasteiger partial charge in [-0.3, -0.25) is 4.79 Å². The lowest BCUT2D eigenvalue weighted by atomic mass is 10.2. The van der Waals surface area contributed by atoms with Gasteiger partial charge in [-0.15, -0.1) is 9.94 Å². The zero-order valence-corrected chi connectivity index (χ0v) is 11.4. The molecule has 0 spiro atoms. The summed E-state index contributed by atoms with van der Waals surface area (Å²) in [6, 6.07) is 9.76. The maximum atomic E-state index is 11.6. The smallest absolute Gasteiger partial charge is 0.259 e. The molecule has 96 valence electrons. The fourth-order valence-electron chi connectivity index (χ4n) is 1.75. The number of hydrogen-bond donors (Lipinski definition) is 1. The Hall–Kier alpha value is -2.08. The van der Waals surface area contributed by atoms with E-state index in [1.165, 1.54) is 4.85 Å². The molecule has 0 saturated heterocycles. The lowest BCUT2D eigenvalue weighted by molar-refractivity contribution is 0.0715. The highest BCUT2D eigenvalue weighted by molar-refractivity contribution is 9.10. The van der Waals surface area contributed by atoms with Gasteiger partial charge in [0.15, 0.2) is 0 Å². The van der Waals surface area contributed by atoms with Gasteiger partial charge < -0.3 is 9.82 Å². The number of hydrogen-bond acceptors (Lipinski definition) is 3. The van der Waals surface area contributed by atoms with Crippen molar-refractivity contribution in [3.8, 4) is 0 Å². The summed E-state index contributed by atoms with van der Waals surface area (Å²) in [6.07, 6.45) is 3.14. The van der Waals surface area contributed by atoms with E-state index < -0.39 is 0 Å². The largest absolute Gasteiger partial charge is 0.392 e. The number of nitrogens with one attached hydrogen (secondary N) is 1. The third-order valence-electron chi connectivity index (χ3n) is 2.70. The molecule has 0 bridgehead atoms. The quantitative estimate of drug-likeness (QED) is 0.804. The van der Waals surface area contributed by atoms with Crippen molar-refractivity contribution >= 4 is 26.8 Å². The van der Waals surface area contributed by atoms with Gasteiger partial charge in [0, 0.05) is 6.20 Å². The minimum absolute atomic E-state index is 0.187. The van der Waals surface area contributed by atoms with Crippen LogP contribution in [-0.2, 0) is 6.61 Å². The predicted molar refractivity (Wildman–Crippen MR) is 74.8 cm³/mol. The van der Waals surface area contributed by atoms with Crippen LogP contribution in [0.4, 0.5) is 0 Å². The van der Waals surface area contributed by atoms with E-state index in [1.807, 2.05) is 30.3 Å². The Labute approximate surface area is 116 Å². The molecule has 5 nitrogen and oxygen atoms in total. The Balaban J connectivity index is 1.88. The molecule has 0 unspecified atom stereocenters. The Morgan fingerprint density at radius 1 is 1.32 bits per heavy atom. The monoisotopic (exact) mass is 319 g/mol. The van der Waals surface area contributed by atoms with Gasteiger partial charge in [-0.25, -0.2) is 0 Å². The van der Waals surface area contributed by atoms with E-state index >= 15 is 0 Å². The number of fused-ring (bicyclic) bond motifs is 1. The van der Waals surface area contributed by atoms with Crippen molar-refractivity contribution in [2.45, 2.75) is 6.61 Å². The van der Waals surface area contributed by atoms with E-state index in [4.69, 9.17) is 4.84 Å². The number of rotatable bonds is 3. The average molecular weight is 320 g/mol. The first-order valence-electron chi connectivity index (χ1n) is 5.68. The normalized spacial score (nSPS) is 10.8. The summed E-state index contributed by atoms with van der Waals surface area (Å²) in [4.78, 5) is 21.1. The molecule has 0 amide bonds. The summed E-state index contributed by atoms with van der Waals surface area (Å²) in [6.45, 7) is 0.393. The maximum absolute atomic E-state index is 11.6. The van der Waals surface area contributed by atoms with Crippen LogP contribution in [0.3, 0.4) is 0 Å². The van der Waals surface area contributed by atoms with E-state index in [9.17, 15) is 4.79 Å². The molecule has 1 N–H and O–H groups in total. The highest BCUT2D eigenvalue weighted by Gasteiger charge is 2.08. The van der Waals surface area contributed by atoms with Crippen molar-refractivity contribution in [2.75, 3.05) is 0 Å². The summed E-state index contributed by atoms with van der Waals surface area (Å²) in [7, 11) is 0. The van der Waals surface area contributed by atoms with Crippen LogP contribution in [0.1, 0.15) is 5.56 Å². The minimum atomic E-state index is -0.187. The first-order valence-corrected chi connectivity index (χ1v) is 6.47. The molecular weight excluding hydrogens is 310 g/mol. The lowest BCUT2D eigenvalue weighted by Gasteiger charge is -2.03. The van der Waals surface area contributed by atoms with E-state index in [0.717, 1.165) is 10.0 Å². The summed E-state index contributed by atoms with van der Waals surface area (Å²) < 4.78 is 0.726. The van der Waals surface area contributed by atoms with Gasteiger partial charge in [-0.1, -0.05) is 30.3 Å². The van der Waals surface area contributed by atoms with Crippen LogP contribution < -0.4 is 10.4 Å². The molecule has 1 aromatic carbocycles. The molecule has 0 radical (unpaired) electrons. The SMILES string of the molecule is O=c1[nH]cc(Br)c2nn(OCc3ccccc3)cc12. The second kappa shape index (κ2) is 4.89. The molecule has 3 aromatic rings. The van der Waals surface area contributed by atoms with Gasteiger partial charge in [0.25, 0.3) is 5.56 Å². The summed E-state index contributed by atoms with van der Waals surface area (Å²) in [5.41, 5.74) is 1.43. The molecule has 0 aliphatic rings. The Bertz CT molecular complexity index is 764. The van der Waals surface area contributed by atoms with Crippen LogP contribution in [0.15, 0.2) is 52.0 Å². The zero-order valence-electron chi connectivity index (χ0n) is 9.84. The maximum Gasteiger partial charge on any atom is 0.259 e. The second-order valence-electron chi connectivity index (χ2n) is 4.02. The molecule has 0 aliphatic heterocycles. The van der Waals surface area contributed by atoms with Crippen LogP contribution in [0.5, 0.6) is 0 Å². The summed E-state index contributed by atoms with van der Waals surface area (Å²) in [5.74, 6) is 0. The topological polar surface area (TPSA) is 59.9 Å². The molecule has 2 heterocycles. The molecule has 2 aromatic heterocycles. The number of halogens is 1. The Morgan fingerprint density at radius 2 is 2.11 bits per heavy atom. The average Bonchev–Trinajstić information content (AvgIpc) is 2.87. The highest BCUT2D eigenvalue weighted by Crippen LogP contribution is 2.17. The third kappa shape index (κ3) is 2.39. The predicted octanol–water partition coefficient (Wildman–Crippen LogP) is 2.12. The van der Waals surface area contributed by atoms with E-state index in [2.05, 4.69) is 26.0 Å². The standard InChI is InChI=1S/C13H10BrN3O2/c14-11-6-15-13(18)10-7-17(16-12(10)11)19-8-9-4-2-1-3-5-9/h1-7H,8H2,(H,15,18). The fourth-order valence-corrected chi connectivity index (χ4v) is 2.16. The van der Waals surface area contributed by atoms with Crippen LogP contribution in [-0.4, -0.2) is 14.9 Å². The molecule has 0 saturated carbocycles. The van der Waals surface area contributed by atoms with Crippen molar-refractivity contribution in [1.29, 1.82) is 0 Å². The van der Waals surface area contributed by atoms with Crippen molar-refractivity contribution < 1.29 is 4.84 Å². The Kier molecular flexibility index (Phi) is 3.08. The fraction of sp³-hybridized carbons (Fsp3) is 0.0769. The van der Waals surface area contributed by atoms with Crippen molar-refractivity contribution in [2.24, 2.45) is 0 Å². The first-order chi connectivity index (χ1) is 9.24. The van der Waals surface area contributed by atoms with Gasteiger partial charge in [0.05, 0.1) is 16.1 Å². The number of pyridine rings is 1. The molecule has 0 aliphatic carbocycles. The summed E-state index contributed by atoms with van der Waals surface area (Å²) in [5, 5.41) is 4.70. The molecule has 3 rings (SSSR count). The number of benzene rings is 1. The number of aromatic amines is 1. The first kappa shape index (κ1) is 12.0. The number of nitrogens with zero attached hydrogens (tertiary/aromatic N) is 2. The molecule has 0 atom stereocenters. The van der Waals surface area contributed by atoms with Crippen LogP contribution in [0.2, 0.25) is 0 Å². The van der Waals surface area contributed by atoms with Gasteiger partial charge >= 0.3 is 0 Å². The van der Waals surface area contributed by atoms with Crippen LogP contribution in [0, 0.1) is 0 Å². The lowest BCUT2D eigenvalue weighted by Crippen LogP contribution is -2.11. The molecule has 19 heavy (non-hydrogen) atoms. The van der Waals surface area contributed by atoms with Gasteiger partial charge in [-0.05, 0) is 21.5 Å². The van der Waals surface area contributed by atoms with Crippen molar-refractivity contribution in [3.63, 3.8) is 0 Å². The van der Waals surface area contributed by atoms with Gasteiger partial charge in [-0.2, -0.15) is 0 Å². The van der Waals surface area contributed by atoms with E-state index in [0.29, 0.717) is 17.5 Å². The van der Waals surface area contributed by atoms with Crippen LogP contribution >= 0.6 is 15.9 Å². The molecule has 0 fully saturated rings. The Morgan fingerprint density at radius 3 is 2.84 bits per heavy atom. The van der Waals surface area contributed by atoms with Crippen LogP contribution in [0.25, 0.3) is 10.9 Å². The number of aromatic nitrogens is 3. The molecule has 6 heteroatoms. The van der Waals surface area contributed by atoms with E-state index in [1.54, 1.807) is 12.4 Å². The third-order valence-corrected chi connectivity index (χ3v) is 3.30. The van der Waals surface area contributed by atoms with E-state index in [-0.39, 0.29) is 5.56 Å². The second-order valence-corrected chi connectivity index (χ2v) is 4.87. The summed E-state index contributed by atoms with van der Waals surface area (Å²) >= 11 is 3.34. The van der Waals surface area contributed by atoms with Crippen molar-refractivity contribution in [3.05, 3.63) is 63.1 Å².